The number of benzene rings is 2. The molecule has 154 valence electrons. The van der Waals surface area contributed by atoms with Gasteiger partial charge in [-0.2, -0.15) is 0 Å². The summed E-state index contributed by atoms with van der Waals surface area (Å²) in [6.45, 7) is 8.05. The van der Waals surface area contributed by atoms with Crippen LogP contribution >= 0.6 is 0 Å². The third kappa shape index (κ3) is 4.91. The Bertz CT molecular complexity index is 828. The van der Waals surface area contributed by atoms with Gasteiger partial charge in [-0.3, -0.25) is 9.69 Å². The highest BCUT2D eigenvalue weighted by Crippen LogP contribution is 2.33. The van der Waals surface area contributed by atoms with E-state index in [2.05, 4.69) is 41.4 Å². The normalized spacial score (nSPS) is 22.3. The topological polar surface area (TPSA) is 50.8 Å². The van der Waals surface area contributed by atoms with E-state index in [0.29, 0.717) is 18.0 Å². The van der Waals surface area contributed by atoms with Gasteiger partial charge < -0.3 is 14.8 Å². The molecule has 0 aromatic heterocycles. The summed E-state index contributed by atoms with van der Waals surface area (Å²) in [4.78, 5) is 15.1. The van der Waals surface area contributed by atoms with E-state index in [-0.39, 0.29) is 12.0 Å². The largest absolute Gasteiger partial charge is 0.482 e. The average molecular weight is 395 g/mol. The van der Waals surface area contributed by atoms with E-state index in [9.17, 15) is 4.79 Å². The number of carbonyl (C=O) groups excluding carboxylic acids is 1. The quantitative estimate of drug-likeness (QED) is 0.839. The first-order valence-corrected chi connectivity index (χ1v) is 10.6. The van der Waals surface area contributed by atoms with Crippen molar-refractivity contribution in [2.45, 2.75) is 52.0 Å². The third-order valence-electron chi connectivity index (χ3n) is 5.87. The van der Waals surface area contributed by atoms with E-state index < -0.39 is 6.10 Å². The van der Waals surface area contributed by atoms with Crippen molar-refractivity contribution >= 4 is 5.91 Å². The minimum atomic E-state index is -0.648. The molecule has 4 rings (SSSR count). The van der Waals surface area contributed by atoms with Crippen molar-refractivity contribution in [3.8, 4) is 11.5 Å². The minimum absolute atomic E-state index is 0.154. The Kier molecular flexibility index (Phi) is 6.05. The Morgan fingerprint density at radius 3 is 2.28 bits per heavy atom. The van der Waals surface area contributed by atoms with Crippen LogP contribution in [0, 0.1) is 5.92 Å². The Hall–Kier alpha value is -2.53. The number of rotatable bonds is 5. The first-order chi connectivity index (χ1) is 14.1. The smallest absolute Gasteiger partial charge is 0.265 e. The van der Waals surface area contributed by atoms with E-state index in [0.717, 1.165) is 18.0 Å². The van der Waals surface area contributed by atoms with E-state index in [1.807, 2.05) is 31.2 Å². The zero-order valence-corrected chi connectivity index (χ0v) is 17.3. The number of para-hydroxylation sites is 2. The van der Waals surface area contributed by atoms with Gasteiger partial charge >= 0.3 is 0 Å². The lowest BCUT2D eigenvalue weighted by molar-refractivity contribution is -0.133. The van der Waals surface area contributed by atoms with Crippen LogP contribution in [0.5, 0.6) is 11.5 Å². The van der Waals surface area contributed by atoms with Crippen LogP contribution in [0.2, 0.25) is 0 Å². The number of hydrogen-bond acceptors (Lipinski definition) is 4. The second-order valence-electron chi connectivity index (χ2n) is 8.30. The fourth-order valence-corrected chi connectivity index (χ4v) is 3.94. The molecule has 0 aliphatic carbocycles. The van der Waals surface area contributed by atoms with Gasteiger partial charge in [0.2, 0.25) is 6.10 Å². The molecule has 1 saturated heterocycles. The number of ether oxygens (including phenoxy) is 2. The highest BCUT2D eigenvalue weighted by atomic mass is 16.6. The predicted octanol–water partition coefficient (Wildman–Crippen LogP) is 3.76. The molecule has 5 nitrogen and oxygen atoms in total. The lowest BCUT2D eigenvalue weighted by Gasteiger charge is -2.31. The van der Waals surface area contributed by atoms with Gasteiger partial charge in [0.05, 0.1) is 0 Å². The summed E-state index contributed by atoms with van der Waals surface area (Å²) in [7, 11) is 0. The molecule has 5 heteroatoms. The highest BCUT2D eigenvalue weighted by Gasteiger charge is 2.33. The first kappa shape index (κ1) is 19.8. The minimum Gasteiger partial charge on any atom is -0.482 e. The Labute approximate surface area is 173 Å². The summed E-state index contributed by atoms with van der Waals surface area (Å²) < 4.78 is 11.7. The SMILES string of the molecule is CC1CCN(Cc2ccc(CNC(=O)C3Oc4ccccc4OC3C)cc2)CC1. The Morgan fingerprint density at radius 1 is 0.966 bits per heavy atom. The second kappa shape index (κ2) is 8.87. The lowest BCUT2D eigenvalue weighted by Crippen LogP contribution is -2.48. The molecule has 0 spiro atoms. The summed E-state index contributed by atoms with van der Waals surface area (Å²) in [5.74, 6) is 2.00. The summed E-state index contributed by atoms with van der Waals surface area (Å²) >= 11 is 0. The number of carbonyl (C=O) groups is 1. The van der Waals surface area contributed by atoms with E-state index >= 15 is 0 Å². The molecule has 2 heterocycles. The Morgan fingerprint density at radius 2 is 1.59 bits per heavy atom. The third-order valence-corrected chi connectivity index (χ3v) is 5.87. The van der Waals surface area contributed by atoms with Crippen LogP contribution in [0.3, 0.4) is 0 Å². The molecule has 1 N–H and O–H groups in total. The van der Waals surface area contributed by atoms with Crippen molar-refractivity contribution in [2.24, 2.45) is 5.92 Å². The number of likely N-dealkylation sites (tertiary alicyclic amines) is 1. The van der Waals surface area contributed by atoms with Crippen molar-refractivity contribution < 1.29 is 14.3 Å². The summed E-state index contributed by atoms with van der Waals surface area (Å²) in [6.07, 6.45) is 1.60. The molecule has 2 aliphatic rings. The average Bonchev–Trinajstić information content (AvgIpc) is 2.74. The van der Waals surface area contributed by atoms with E-state index in [1.165, 1.54) is 31.5 Å². The maximum atomic E-state index is 12.6. The maximum Gasteiger partial charge on any atom is 0.265 e. The number of nitrogens with one attached hydrogen (secondary N) is 1. The van der Waals surface area contributed by atoms with Crippen LogP contribution in [0.1, 0.15) is 37.8 Å². The monoisotopic (exact) mass is 394 g/mol. The van der Waals surface area contributed by atoms with Gasteiger partial charge in [-0.1, -0.05) is 43.3 Å². The van der Waals surface area contributed by atoms with Gasteiger partial charge in [-0.25, -0.2) is 0 Å². The van der Waals surface area contributed by atoms with Crippen LogP contribution in [-0.4, -0.2) is 36.1 Å². The molecular weight excluding hydrogens is 364 g/mol. The van der Waals surface area contributed by atoms with Gasteiger partial charge in [0, 0.05) is 13.1 Å². The van der Waals surface area contributed by atoms with Crippen LogP contribution in [0.15, 0.2) is 48.5 Å². The zero-order chi connectivity index (χ0) is 20.2. The molecule has 1 amide bonds. The van der Waals surface area contributed by atoms with Crippen molar-refractivity contribution in [3.63, 3.8) is 0 Å². The fraction of sp³-hybridized carbons (Fsp3) is 0.458. The molecular formula is C24H30N2O3. The van der Waals surface area contributed by atoms with Crippen LogP contribution < -0.4 is 14.8 Å². The molecule has 2 aliphatic heterocycles. The van der Waals surface area contributed by atoms with Crippen molar-refractivity contribution in [3.05, 3.63) is 59.7 Å². The number of fused-ring (bicyclic) bond motifs is 1. The van der Waals surface area contributed by atoms with Crippen molar-refractivity contribution in [1.29, 1.82) is 0 Å². The van der Waals surface area contributed by atoms with E-state index in [1.54, 1.807) is 0 Å². The predicted molar refractivity (Wildman–Crippen MR) is 113 cm³/mol. The van der Waals surface area contributed by atoms with Gasteiger partial charge in [-0.05, 0) is 62.0 Å². The standard InChI is InChI=1S/C24H30N2O3/c1-17-11-13-26(14-12-17)16-20-9-7-19(8-10-20)15-25-24(27)23-18(2)28-21-5-3-4-6-22(21)29-23/h3-10,17-18,23H,11-16H2,1-2H3,(H,25,27). The number of nitrogens with zero attached hydrogens (tertiary/aromatic N) is 1. The van der Waals surface area contributed by atoms with Crippen LogP contribution in [0.4, 0.5) is 0 Å². The summed E-state index contributed by atoms with van der Waals surface area (Å²) in [6, 6.07) is 16.0. The zero-order valence-electron chi connectivity index (χ0n) is 17.3. The number of piperidine rings is 1. The van der Waals surface area contributed by atoms with Gasteiger partial charge in [-0.15, -0.1) is 0 Å². The maximum absolute atomic E-state index is 12.6. The number of amides is 1. The van der Waals surface area contributed by atoms with Gasteiger partial charge in [0.15, 0.2) is 11.5 Å². The number of hydrogen-bond donors (Lipinski definition) is 1. The van der Waals surface area contributed by atoms with Gasteiger partial charge in [0.25, 0.3) is 5.91 Å². The summed E-state index contributed by atoms with van der Waals surface area (Å²) in [5.41, 5.74) is 2.41. The van der Waals surface area contributed by atoms with Crippen molar-refractivity contribution in [1.82, 2.24) is 10.2 Å². The molecule has 2 aromatic carbocycles. The van der Waals surface area contributed by atoms with Gasteiger partial charge in [0.1, 0.15) is 6.10 Å². The molecule has 2 unspecified atom stereocenters. The van der Waals surface area contributed by atoms with Crippen LogP contribution in [0.25, 0.3) is 0 Å². The van der Waals surface area contributed by atoms with E-state index in [4.69, 9.17) is 9.47 Å². The van der Waals surface area contributed by atoms with Crippen LogP contribution in [-0.2, 0) is 17.9 Å². The lowest BCUT2D eigenvalue weighted by atomic mass is 9.99. The molecule has 2 atom stereocenters. The van der Waals surface area contributed by atoms with Crippen molar-refractivity contribution in [2.75, 3.05) is 13.1 Å². The highest BCUT2D eigenvalue weighted by molar-refractivity contribution is 5.82. The molecule has 2 aromatic rings. The molecule has 1 fully saturated rings. The molecule has 0 saturated carbocycles. The second-order valence-corrected chi connectivity index (χ2v) is 8.30. The molecule has 0 radical (unpaired) electrons. The first-order valence-electron chi connectivity index (χ1n) is 10.6. The Balaban J connectivity index is 1.28. The molecule has 0 bridgehead atoms. The summed E-state index contributed by atoms with van der Waals surface area (Å²) in [5, 5.41) is 2.98. The molecule has 29 heavy (non-hydrogen) atoms. The fourth-order valence-electron chi connectivity index (χ4n) is 3.94.